The fourth-order valence-corrected chi connectivity index (χ4v) is 3.11. The van der Waals surface area contributed by atoms with Gasteiger partial charge in [0.25, 0.3) is 0 Å². The van der Waals surface area contributed by atoms with Crippen LogP contribution in [0.4, 0.5) is 0 Å². The number of amidine groups is 1. The maximum absolute atomic E-state index is 11.1. The normalized spacial score (nSPS) is 15.8. The summed E-state index contributed by atoms with van der Waals surface area (Å²) in [6.07, 6.45) is 1.60. The average molecular weight is 394 g/mol. The van der Waals surface area contributed by atoms with Crippen molar-refractivity contribution in [3.05, 3.63) is 63.6 Å². The number of carbonyl (C=O) groups excluding carboxylic acids is 1. The Balaban J connectivity index is 1.62. The highest BCUT2D eigenvalue weighted by Gasteiger charge is 2.15. The van der Waals surface area contributed by atoms with Crippen LogP contribution >= 0.6 is 35.0 Å². The predicted molar refractivity (Wildman–Crippen MR) is 103 cm³/mol. The number of thioether (sulfide) groups is 1. The lowest BCUT2D eigenvalue weighted by atomic mass is 10.2. The first-order chi connectivity index (χ1) is 12.1. The molecule has 1 N–H and O–H groups in total. The number of amides is 1. The minimum Gasteiger partial charge on any atom is -0.489 e. The van der Waals surface area contributed by atoms with E-state index in [9.17, 15) is 4.79 Å². The van der Waals surface area contributed by atoms with Crippen LogP contribution in [-0.2, 0) is 11.4 Å². The molecule has 1 heterocycles. The zero-order valence-corrected chi connectivity index (χ0v) is 15.2. The number of ether oxygens (including phenoxy) is 1. The summed E-state index contributed by atoms with van der Waals surface area (Å²) < 4.78 is 5.76. The second-order valence-electron chi connectivity index (χ2n) is 5.08. The Labute approximate surface area is 159 Å². The Kier molecular flexibility index (Phi) is 5.96. The Morgan fingerprint density at radius 1 is 1.24 bits per heavy atom. The smallest absolute Gasteiger partial charge is 0.236 e. The first-order valence-electron chi connectivity index (χ1n) is 7.30. The highest BCUT2D eigenvalue weighted by molar-refractivity contribution is 8.15. The lowest BCUT2D eigenvalue weighted by Gasteiger charge is -2.08. The molecule has 1 amide bonds. The molecule has 0 aromatic heterocycles. The van der Waals surface area contributed by atoms with E-state index in [4.69, 9.17) is 27.9 Å². The van der Waals surface area contributed by atoms with Crippen LogP contribution < -0.4 is 10.1 Å². The number of nitrogens with zero attached hydrogens (tertiary/aromatic N) is 2. The van der Waals surface area contributed by atoms with Gasteiger partial charge in [-0.3, -0.25) is 4.79 Å². The number of carbonyl (C=O) groups is 1. The van der Waals surface area contributed by atoms with Gasteiger partial charge in [-0.1, -0.05) is 53.2 Å². The Hall–Kier alpha value is -2.02. The summed E-state index contributed by atoms with van der Waals surface area (Å²) >= 11 is 13.3. The fourth-order valence-electron chi connectivity index (χ4n) is 2.01. The second-order valence-corrected chi connectivity index (χ2v) is 6.89. The summed E-state index contributed by atoms with van der Waals surface area (Å²) in [4.78, 5) is 11.1. The molecule has 0 bridgehead atoms. The first-order valence-corrected chi connectivity index (χ1v) is 9.05. The molecule has 1 aliphatic heterocycles. The molecule has 5 nitrogen and oxygen atoms in total. The molecule has 0 radical (unpaired) electrons. The van der Waals surface area contributed by atoms with Crippen LogP contribution in [0, 0.1) is 0 Å². The maximum atomic E-state index is 11.1. The van der Waals surface area contributed by atoms with Gasteiger partial charge in [0.15, 0.2) is 5.17 Å². The van der Waals surface area contributed by atoms with Crippen LogP contribution in [0.3, 0.4) is 0 Å². The Morgan fingerprint density at radius 3 is 2.88 bits per heavy atom. The van der Waals surface area contributed by atoms with Gasteiger partial charge in [0.1, 0.15) is 12.4 Å². The van der Waals surface area contributed by atoms with E-state index in [2.05, 4.69) is 15.5 Å². The summed E-state index contributed by atoms with van der Waals surface area (Å²) in [6.45, 7) is 0.335. The fraction of sp³-hybridized carbons (Fsp3) is 0.118. The van der Waals surface area contributed by atoms with Crippen molar-refractivity contribution in [2.45, 2.75) is 6.61 Å². The standard InChI is InChI=1S/C17H13Cl2N3O2S/c18-13-5-4-12(15(19)7-13)9-24-14-3-1-2-11(6-14)8-20-22-17-21-16(23)10-25-17/h1-8H,9-10H2,(H,21,22,23)/b20-8+. The van der Waals surface area contributed by atoms with Crippen molar-refractivity contribution in [2.24, 2.45) is 10.2 Å². The molecule has 0 unspecified atom stereocenters. The van der Waals surface area contributed by atoms with E-state index in [-0.39, 0.29) is 5.91 Å². The molecule has 1 saturated heterocycles. The van der Waals surface area contributed by atoms with E-state index in [0.29, 0.717) is 33.3 Å². The molecule has 0 spiro atoms. The summed E-state index contributed by atoms with van der Waals surface area (Å²) in [6, 6.07) is 12.7. The molecular formula is C17H13Cl2N3O2S. The van der Waals surface area contributed by atoms with Crippen molar-refractivity contribution < 1.29 is 9.53 Å². The highest BCUT2D eigenvalue weighted by atomic mass is 35.5. The van der Waals surface area contributed by atoms with E-state index >= 15 is 0 Å². The predicted octanol–water partition coefficient (Wildman–Crippen LogP) is 4.13. The lowest BCUT2D eigenvalue weighted by Crippen LogP contribution is -2.19. The van der Waals surface area contributed by atoms with Gasteiger partial charge < -0.3 is 10.1 Å². The van der Waals surface area contributed by atoms with Crippen molar-refractivity contribution in [3.8, 4) is 5.75 Å². The number of hydrogen-bond donors (Lipinski definition) is 1. The summed E-state index contributed by atoms with van der Waals surface area (Å²) in [5.74, 6) is 1.01. The molecule has 0 aliphatic carbocycles. The highest BCUT2D eigenvalue weighted by Crippen LogP contribution is 2.23. The van der Waals surface area contributed by atoms with Gasteiger partial charge >= 0.3 is 0 Å². The number of hydrogen-bond acceptors (Lipinski definition) is 5. The van der Waals surface area contributed by atoms with Crippen LogP contribution in [0.15, 0.2) is 52.7 Å². The number of halogens is 2. The second kappa shape index (κ2) is 8.38. The van der Waals surface area contributed by atoms with Gasteiger partial charge in [-0.2, -0.15) is 5.10 Å². The molecule has 0 atom stereocenters. The van der Waals surface area contributed by atoms with Gasteiger partial charge in [-0.15, -0.1) is 5.10 Å². The summed E-state index contributed by atoms with van der Waals surface area (Å²) in [5, 5.41) is 12.2. The van der Waals surface area contributed by atoms with Gasteiger partial charge in [-0.25, -0.2) is 0 Å². The summed E-state index contributed by atoms with van der Waals surface area (Å²) in [5.41, 5.74) is 1.68. The van der Waals surface area contributed by atoms with Crippen LogP contribution in [0.5, 0.6) is 5.75 Å². The largest absolute Gasteiger partial charge is 0.489 e. The van der Waals surface area contributed by atoms with E-state index in [1.807, 2.05) is 30.3 Å². The molecule has 3 rings (SSSR count). The average Bonchev–Trinajstić information content (AvgIpc) is 3.00. The molecule has 8 heteroatoms. The van der Waals surface area contributed by atoms with Crippen LogP contribution in [0.25, 0.3) is 0 Å². The van der Waals surface area contributed by atoms with E-state index in [0.717, 1.165) is 11.1 Å². The number of benzene rings is 2. The van der Waals surface area contributed by atoms with Crippen LogP contribution in [0.2, 0.25) is 10.0 Å². The number of nitrogens with one attached hydrogen (secondary N) is 1. The molecule has 1 aliphatic rings. The molecule has 2 aromatic carbocycles. The van der Waals surface area contributed by atoms with Crippen molar-refractivity contribution >= 4 is 52.3 Å². The first kappa shape index (κ1) is 17.8. The SMILES string of the molecule is O=C1CS/C(=N/N=C/c2cccc(OCc3ccc(Cl)cc3Cl)c2)N1. The molecular weight excluding hydrogens is 381 g/mol. The van der Waals surface area contributed by atoms with E-state index < -0.39 is 0 Å². The topological polar surface area (TPSA) is 63.0 Å². The quantitative estimate of drug-likeness (QED) is 0.613. The zero-order chi connectivity index (χ0) is 17.6. The van der Waals surface area contributed by atoms with Gasteiger partial charge in [0.05, 0.1) is 12.0 Å². The molecule has 0 saturated carbocycles. The minimum atomic E-state index is -0.0600. The minimum absolute atomic E-state index is 0.0600. The third-order valence-corrected chi connectivity index (χ3v) is 4.66. The van der Waals surface area contributed by atoms with Gasteiger partial charge in [0, 0.05) is 15.6 Å². The lowest BCUT2D eigenvalue weighted by molar-refractivity contribution is -0.116. The maximum Gasteiger partial charge on any atom is 0.236 e. The Bertz CT molecular complexity index is 856. The molecule has 25 heavy (non-hydrogen) atoms. The Morgan fingerprint density at radius 2 is 2.12 bits per heavy atom. The van der Waals surface area contributed by atoms with Gasteiger partial charge in [0.2, 0.25) is 5.91 Å². The zero-order valence-electron chi connectivity index (χ0n) is 12.9. The van der Waals surface area contributed by atoms with Crippen LogP contribution in [0.1, 0.15) is 11.1 Å². The monoisotopic (exact) mass is 393 g/mol. The van der Waals surface area contributed by atoms with Crippen molar-refractivity contribution in [3.63, 3.8) is 0 Å². The third-order valence-electron chi connectivity index (χ3n) is 3.21. The van der Waals surface area contributed by atoms with Crippen molar-refractivity contribution in [1.29, 1.82) is 0 Å². The van der Waals surface area contributed by atoms with E-state index in [1.54, 1.807) is 18.3 Å². The van der Waals surface area contributed by atoms with E-state index in [1.165, 1.54) is 11.8 Å². The van der Waals surface area contributed by atoms with Crippen LogP contribution in [-0.4, -0.2) is 23.0 Å². The number of rotatable bonds is 5. The van der Waals surface area contributed by atoms with Crippen molar-refractivity contribution in [1.82, 2.24) is 5.32 Å². The van der Waals surface area contributed by atoms with Crippen molar-refractivity contribution in [2.75, 3.05) is 5.75 Å². The van der Waals surface area contributed by atoms with Gasteiger partial charge in [-0.05, 0) is 29.8 Å². The summed E-state index contributed by atoms with van der Waals surface area (Å²) in [7, 11) is 0. The molecule has 128 valence electrons. The molecule has 1 fully saturated rings. The third kappa shape index (κ3) is 5.22. The molecule has 2 aromatic rings.